The normalized spacial score (nSPS) is 11.9. The average molecular weight is 286 g/mol. The molecule has 0 aliphatic heterocycles. The summed E-state index contributed by atoms with van der Waals surface area (Å²) in [5, 5.41) is 21.8. The van der Waals surface area contributed by atoms with Crippen LogP contribution in [0.1, 0.15) is 41.4 Å². The van der Waals surface area contributed by atoms with Crippen LogP contribution in [0, 0.1) is 0 Å². The van der Waals surface area contributed by atoms with Gasteiger partial charge in [0.05, 0.1) is 11.6 Å². The molecule has 0 aliphatic carbocycles. The van der Waals surface area contributed by atoms with Crippen LogP contribution in [0.15, 0.2) is 36.7 Å². The van der Waals surface area contributed by atoms with Gasteiger partial charge in [0.15, 0.2) is 0 Å². The number of aromatic nitrogens is 1. The highest BCUT2D eigenvalue weighted by Gasteiger charge is 2.16. The van der Waals surface area contributed by atoms with Gasteiger partial charge in [0, 0.05) is 18.5 Å². The van der Waals surface area contributed by atoms with Crippen molar-refractivity contribution >= 4 is 5.91 Å². The Bertz CT molecular complexity index is 656. The van der Waals surface area contributed by atoms with Crippen molar-refractivity contribution in [3.63, 3.8) is 0 Å². The van der Waals surface area contributed by atoms with Crippen LogP contribution in [0.4, 0.5) is 0 Å². The molecule has 0 spiro atoms. The molecule has 0 fully saturated rings. The standard InChI is InChI=1S/C16H18N2O3/c1-3-11-9-17-7-6-13(11)10(2)18-16(21)14-5-4-12(19)8-15(14)20/h4-10,19-20H,3H2,1-2H3,(H,18,21). The van der Waals surface area contributed by atoms with Gasteiger partial charge in [-0.25, -0.2) is 0 Å². The first kappa shape index (κ1) is 14.8. The Balaban J connectivity index is 2.19. The monoisotopic (exact) mass is 286 g/mol. The number of aryl methyl sites for hydroxylation is 1. The molecule has 1 atom stereocenters. The van der Waals surface area contributed by atoms with Gasteiger partial charge in [-0.15, -0.1) is 0 Å². The van der Waals surface area contributed by atoms with E-state index in [9.17, 15) is 15.0 Å². The summed E-state index contributed by atoms with van der Waals surface area (Å²) in [5.41, 5.74) is 2.20. The molecule has 1 aromatic carbocycles. The SMILES string of the molecule is CCc1cnccc1C(C)NC(=O)c1ccc(O)cc1O. The van der Waals surface area contributed by atoms with Crippen molar-refractivity contribution in [1.82, 2.24) is 10.3 Å². The Kier molecular flexibility index (Phi) is 4.42. The van der Waals surface area contributed by atoms with Gasteiger partial charge < -0.3 is 15.5 Å². The molecule has 1 aromatic heterocycles. The molecule has 1 amide bonds. The molecule has 2 aromatic rings. The molecule has 5 heteroatoms. The molecule has 0 aliphatic rings. The first-order valence-corrected chi connectivity index (χ1v) is 6.78. The lowest BCUT2D eigenvalue weighted by molar-refractivity contribution is 0.0937. The van der Waals surface area contributed by atoms with E-state index in [1.54, 1.807) is 12.4 Å². The molecular weight excluding hydrogens is 268 g/mol. The summed E-state index contributed by atoms with van der Waals surface area (Å²) in [6, 6.07) is 5.57. The van der Waals surface area contributed by atoms with E-state index in [1.165, 1.54) is 12.1 Å². The van der Waals surface area contributed by atoms with E-state index < -0.39 is 0 Å². The van der Waals surface area contributed by atoms with E-state index >= 15 is 0 Å². The molecule has 0 bridgehead atoms. The van der Waals surface area contributed by atoms with E-state index in [0.29, 0.717) is 0 Å². The topological polar surface area (TPSA) is 82.5 Å². The number of carbonyl (C=O) groups excluding carboxylic acids is 1. The Morgan fingerprint density at radius 2 is 2.10 bits per heavy atom. The number of carbonyl (C=O) groups is 1. The fourth-order valence-electron chi connectivity index (χ4n) is 2.22. The third-order valence-electron chi connectivity index (χ3n) is 3.36. The van der Waals surface area contributed by atoms with E-state index in [2.05, 4.69) is 10.3 Å². The number of rotatable bonds is 4. The number of pyridine rings is 1. The smallest absolute Gasteiger partial charge is 0.255 e. The fraction of sp³-hybridized carbons (Fsp3) is 0.250. The third kappa shape index (κ3) is 3.31. The molecular formula is C16H18N2O3. The first-order chi connectivity index (χ1) is 10.0. The highest BCUT2D eigenvalue weighted by Crippen LogP contribution is 2.24. The number of hydrogen-bond donors (Lipinski definition) is 3. The highest BCUT2D eigenvalue weighted by molar-refractivity contribution is 5.97. The lowest BCUT2D eigenvalue weighted by atomic mass is 10.0. The van der Waals surface area contributed by atoms with Crippen LogP contribution in [-0.4, -0.2) is 21.1 Å². The second-order valence-corrected chi connectivity index (χ2v) is 4.82. The Morgan fingerprint density at radius 3 is 2.76 bits per heavy atom. The van der Waals surface area contributed by atoms with Crippen LogP contribution in [0.2, 0.25) is 0 Å². The van der Waals surface area contributed by atoms with Crippen molar-refractivity contribution in [3.05, 3.63) is 53.3 Å². The lowest BCUT2D eigenvalue weighted by Crippen LogP contribution is -2.27. The summed E-state index contributed by atoms with van der Waals surface area (Å²) in [4.78, 5) is 16.3. The van der Waals surface area contributed by atoms with Gasteiger partial charge in [0.2, 0.25) is 0 Å². The van der Waals surface area contributed by atoms with Gasteiger partial charge in [-0.3, -0.25) is 9.78 Å². The number of nitrogens with zero attached hydrogens (tertiary/aromatic N) is 1. The number of aromatic hydroxyl groups is 2. The summed E-state index contributed by atoms with van der Waals surface area (Å²) in [5.74, 6) is -0.719. The fourth-order valence-corrected chi connectivity index (χ4v) is 2.22. The number of hydrogen-bond acceptors (Lipinski definition) is 4. The van der Waals surface area contributed by atoms with Crippen LogP contribution < -0.4 is 5.32 Å². The average Bonchev–Trinajstić information content (AvgIpc) is 2.46. The van der Waals surface area contributed by atoms with E-state index in [0.717, 1.165) is 23.6 Å². The van der Waals surface area contributed by atoms with Crippen molar-refractivity contribution < 1.29 is 15.0 Å². The molecule has 21 heavy (non-hydrogen) atoms. The summed E-state index contributed by atoms with van der Waals surface area (Å²) in [6.07, 6.45) is 4.30. The summed E-state index contributed by atoms with van der Waals surface area (Å²) in [7, 11) is 0. The van der Waals surface area contributed by atoms with Crippen molar-refractivity contribution in [2.75, 3.05) is 0 Å². The van der Waals surface area contributed by atoms with Gasteiger partial charge in [-0.05, 0) is 42.7 Å². The molecule has 3 N–H and O–H groups in total. The Morgan fingerprint density at radius 1 is 1.33 bits per heavy atom. The van der Waals surface area contributed by atoms with Crippen molar-refractivity contribution in [2.24, 2.45) is 0 Å². The van der Waals surface area contributed by atoms with Crippen molar-refractivity contribution in [3.8, 4) is 11.5 Å². The molecule has 5 nitrogen and oxygen atoms in total. The number of nitrogens with one attached hydrogen (secondary N) is 1. The zero-order valence-electron chi connectivity index (χ0n) is 12.0. The van der Waals surface area contributed by atoms with E-state index in [-0.39, 0.29) is 29.0 Å². The maximum Gasteiger partial charge on any atom is 0.255 e. The van der Waals surface area contributed by atoms with Crippen LogP contribution in [0.5, 0.6) is 11.5 Å². The molecule has 110 valence electrons. The predicted molar refractivity (Wildman–Crippen MR) is 79.3 cm³/mol. The van der Waals surface area contributed by atoms with Gasteiger partial charge in [0.1, 0.15) is 11.5 Å². The number of amides is 1. The maximum atomic E-state index is 12.2. The minimum atomic E-state index is -0.390. The van der Waals surface area contributed by atoms with Crippen LogP contribution in [0.3, 0.4) is 0 Å². The van der Waals surface area contributed by atoms with E-state index in [1.807, 2.05) is 19.9 Å². The van der Waals surface area contributed by atoms with E-state index in [4.69, 9.17) is 0 Å². The van der Waals surface area contributed by atoms with Crippen LogP contribution in [0.25, 0.3) is 0 Å². The first-order valence-electron chi connectivity index (χ1n) is 6.78. The Labute approximate surface area is 123 Å². The third-order valence-corrected chi connectivity index (χ3v) is 3.36. The van der Waals surface area contributed by atoms with Gasteiger partial charge in [-0.1, -0.05) is 6.92 Å². The molecule has 2 rings (SSSR count). The minimum absolute atomic E-state index is 0.0838. The van der Waals surface area contributed by atoms with Gasteiger partial charge in [0.25, 0.3) is 5.91 Å². The second kappa shape index (κ2) is 6.26. The Hall–Kier alpha value is -2.56. The van der Waals surface area contributed by atoms with Gasteiger partial charge in [-0.2, -0.15) is 0 Å². The largest absolute Gasteiger partial charge is 0.508 e. The number of phenols is 2. The molecule has 0 radical (unpaired) electrons. The molecule has 0 saturated carbocycles. The lowest BCUT2D eigenvalue weighted by Gasteiger charge is -2.17. The quantitative estimate of drug-likeness (QED) is 0.806. The van der Waals surface area contributed by atoms with Gasteiger partial charge >= 0.3 is 0 Å². The van der Waals surface area contributed by atoms with Crippen molar-refractivity contribution in [2.45, 2.75) is 26.3 Å². The highest BCUT2D eigenvalue weighted by atomic mass is 16.3. The maximum absolute atomic E-state index is 12.2. The second-order valence-electron chi connectivity index (χ2n) is 4.82. The zero-order chi connectivity index (χ0) is 15.4. The number of benzene rings is 1. The summed E-state index contributed by atoms with van der Waals surface area (Å²) in [6.45, 7) is 3.91. The predicted octanol–water partition coefficient (Wildman–Crippen LogP) is 2.55. The summed E-state index contributed by atoms with van der Waals surface area (Å²) >= 11 is 0. The van der Waals surface area contributed by atoms with Crippen LogP contribution >= 0.6 is 0 Å². The molecule has 1 heterocycles. The zero-order valence-corrected chi connectivity index (χ0v) is 12.0. The molecule has 0 saturated heterocycles. The number of phenolic OH excluding ortho intramolecular Hbond substituents is 2. The summed E-state index contributed by atoms with van der Waals surface area (Å²) < 4.78 is 0. The minimum Gasteiger partial charge on any atom is -0.508 e. The van der Waals surface area contributed by atoms with Crippen LogP contribution in [-0.2, 0) is 6.42 Å². The van der Waals surface area contributed by atoms with Crippen molar-refractivity contribution in [1.29, 1.82) is 0 Å². The molecule has 1 unspecified atom stereocenters.